The summed E-state index contributed by atoms with van der Waals surface area (Å²) in [6.07, 6.45) is 3.36. The monoisotopic (exact) mass is 329 g/mol. The van der Waals surface area contributed by atoms with E-state index in [0.29, 0.717) is 0 Å². The van der Waals surface area contributed by atoms with Gasteiger partial charge in [-0.2, -0.15) is 10.2 Å². The number of benzene rings is 2. The van der Waals surface area contributed by atoms with Crippen molar-refractivity contribution in [2.45, 2.75) is 13.8 Å². The summed E-state index contributed by atoms with van der Waals surface area (Å²) in [4.78, 5) is 0. The molecule has 0 bridgehead atoms. The van der Waals surface area contributed by atoms with Gasteiger partial charge in [-0.1, -0.05) is 48.5 Å². The van der Waals surface area contributed by atoms with Gasteiger partial charge in [0, 0.05) is 0 Å². The molecule has 5 nitrogen and oxygen atoms in total. The Kier molecular flexibility index (Phi) is 7.50. The number of halogens is 1. The standard InChI is InChI=1S/C17H19N5.ClH/c1-13-7-3-5-9-15(13)11-19-21-17(18)22-20-12-16-10-6-4-8-14(16)2;/h3-12H,1-2H3,(H3,18,21,22);1H/b19-11+,20-12+;. The maximum Gasteiger partial charge on any atom is 0.234 e. The Balaban J connectivity index is 0.00000264. The van der Waals surface area contributed by atoms with E-state index in [9.17, 15) is 0 Å². The molecule has 0 radical (unpaired) electrons. The fraction of sp³-hybridized carbons (Fsp3) is 0.118. The van der Waals surface area contributed by atoms with Crippen molar-refractivity contribution in [3.63, 3.8) is 0 Å². The van der Waals surface area contributed by atoms with Crippen LogP contribution < -0.4 is 11.2 Å². The predicted molar refractivity (Wildman–Crippen MR) is 99.6 cm³/mol. The number of nitrogens with one attached hydrogen (secondary N) is 1. The summed E-state index contributed by atoms with van der Waals surface area (Å²) in [5.41, 5.74) is 12.6. The van der Waals surface area contributed by atoms with E-state index >= 15 is 0 Å². The molecule has 6 heteroatoms. The molecule has 0 saturated heterocycles. The van der Waals surface area contributed by atoms with Crippen molar-refractivity contribution in [2.24, 2.45) is 21.0 Å². The largest absolute Gasteiger partial charge is 0.367 e. The Hall–Kier alpha value is -2.66. The van der Waals surface area contributed by atoms with Crippen molar-refractivity contribution in [1.82, 2.24) is 5.43 Å². The summed E-state index contributed by atoms with van der Waals surface area (Å²) in [6.45, 7) is 4.03. The highest BCUT2D eigenvalue weighted by atomic mass is 35.5. The molecule has 0 amide bonds. The number of nitrogens with two attached hydrogens (primary N) is 1. The van der Waals surface area contributed by atoms with E-state index in [4.69, 9.17) is 5.73 Å². The molecule has 0 aromatic heterocycles. The molecular weight excluding hydrogens is 310 g/mol. The first-order valence-electron chi connectivity index (χ1n) is 6.93. The Morgan fingerprint density at radius 2 is 1.43 bits per heavy atom. The first-order valence-corrected chi connectivity index (χ1v) is 6.93. The molecule has 2 rings (SSSR count). The van der Waals surface area contributed by atoms with Gasteiger partial charge in [0.05, 0.1) is 12.4 Å². The quantitative estimate of drug-likeness (QED) is 0.514. The molecule has 120 valence electrons. The lowest BCUT2D eigenvalue weighted by Gasteiger charge is -1.99. The molecule has 2 aromatic carbocycles. The van der Waals surface area contributed by atoms with E-state index < -0.39 is 0 Å². The van der Waals surface area contributed by atoms with Crippen LogP contribution >= 0.6 is 12.4 Å². The smallest absolute Gasteiger partial charge is 0.234 e. The number of hydrogen-bond acceptors (Lipinski definition) is 3. The highest BCUT2D eigenvalue weighted by molar-refractivity contribution is 5.86. The number of hydrogen-bond donors (Lipinski definition) is 2. The van der Waals surface area contributed by atoms with E-state index in [1.807, 2.05) is 62.4 Å². The van der Waals surface area contributed by atoms with Crippen molar-refractivity contribution in [3.8, 4) is 0 Å². The van der Waals surface area contributed by atoms with Gasteiger partial charge in [0.2, 0.25) is 5.96 Å². The maximum absolute atomic E-state index is 5.69. The van der Waals surface area contributed by atoms with Crippen molar-refractivity contribution >= 4 is 30.8 Å². The zero-order chi connectivity index (χ0) is 15.8. The van der Waals surface area contributed by atoms with E-state index in [-0.39, 0.29) is 18.4 Å². The Bertz CT molecular complexity index is 722. The van der Waals surface area contributed by atoms with Crippen LogP contribution in [0.1, 0.15) is 22.3 Å². The van der Waals surface area contributed by atoms with E-state index in [1.54, 1.807) is 12.4 Å². The second kappa shape index (κ2) is 9.38. The van der Waals surface area contributed by atoms with E-state index in [0.717, 1.165) is 22.3 Å². The second-order valence-electron chi connectivity index (χ2n) is 4.81. The molecule has 0 atom stereocenters. The van der Waals surface area contributed by atoms with Crippen molar-refractivity contribution in [2.75, 3.05) is 0 Å². The fourth-order valence-corrected chi connectivity index (χ4v) is 1.81. The Labute approximate surface area is 142 Å². The number of hydrazone groups is 1. The van der Waals surface area contributed by atoms with Crippen LogP contribution in [0.25, 0.3) is 0 Å². The minimum Gasteiger partial charge on any atom is -0.367 e. The molecule has 0 spiro atoms. The lowest BCUT2D eigenvalue weighted by molar-refractivity contribution is 0.993. The molecule has 0 fully saturated rings. The fourth-order valence-electron chi connectivity index (χ4n) is 1.81. The molecule has 2 aromatic rings. The van der Waals surface area contributed by atoms with Crippen LogP contribution in [0.2, 0.25) is 0 Å². The van der Waals surface area contributed by atoms with Crippen LogP contribution in [0.15, 0.2) is 63.8 Å². The number of guanidine groups is 1. The third-order valence-corrected chi connectivity index (χ3v) is 3.12. The lowest BCUT2D eigenvalue weighted by atomic mass is 10.1. The summed E-state index contributed by atoms with van der Waals surface area (Å²) in [5, 5.41) is 11.8. The maximum atomic E-state index is 5.69. The molecule has 3 N–H and O–H groups in total. The van der Waals surface area contributed by atoms with Crippen LogP contribution in [0.4, 0.5) is 0 Å². The van der Waals surface area contributed by atoms with Gasteiger partial charge in [-0.15, -0.1) is 17.5 Å². The zero-order valence-electron chi connectivity index (χ0n) is 13.1. The van der Waals surface area contributed by atoms with Gasteiger partial charge in [0.1, 0.15) is 0 Å². The van der Waals surface area contributed by atoms with E-state index in [1.165, 1.54) is 0 Å². The van der Waals surface area contributed by atoms with Gasteiger partial charge in [0.25, 0.3) is 0 Å². The SMILES string of the molecule is Cc1ccccc1/C=N/N=C(\N)N/N=C/c1ccccc1C.Cl. The molecule has 0 aliphatic rings. The van der Waals surface area contributed by atoms with Crippen LogP contribution in [0.3, 0.4) is 0 Å². The van der Waals surface area contributed by atoms with Gasteiger partial charge >= 0.3 is 0 Å². The highest BCUT2D eigenvalue weighted by Gasteiger charge is 1.93. The number of nitrogens with zero attached hydrogens (tertiary/aromatic N) is 3. The average Bonchev–Trinajstić information content (AvgIpc) is 2.51. The third-order valence-electron chi connectivity index (χ3n) is 3.12. The molecule has 0 heterocycles. The van der Waals surface area contributed by atoms with Crippen LogP contribution in [0.5, 0.6) is 0 Å². The lowest BCUT2D eigenvalue weighted by Crippen LogP contribution is -2.26. The molecule has 0 aliphatic carbocycles. The van der Waals surface area contributed by atoms with Crippen LogP contribution in [-0.2, 0) is 0 Å². The van der Waals surface area contributed by atoms with Gasteiger partial charge < -0.3 is 5.73 Å². The summed E-state index contributed by atoms with van der Waals surface area (Å²) in [6, 6.07) is 15.8. The average molecular weight is 330 g/mol. The number of aryl methyl sites for hydroxylation is 2. The molecule has 0 unspecified atom stereocenters. The first-order chi connectivity index (χ1) is 10.7. The van der Waals surface area contributed by atoms with Gasteiger partial charge in [-0.25, -0.2) is 5.43 Å². The Morgan fingerprint density at radius 1 is 0.913 bits per heavy atom. The van der Waals surface area contributed by atoms with Crippen molar-refractivity contribution in [3.05, 3.63) is 70.8 Å². The number of rotatable bonds is 4. The molecular formula is C17H20ClN5. The molecule has 0 aliphatic heterocycles. The predicted octanol–water partition coefficient (Wildman–Crippen LogP) is 3.00. The van der Waals surface area contributed by atoms with Crippen molar-refractivity contribution < 1.29 is 0 Å². The Morgan fingerprint density at radius 3 is 2.00 bits per heavy atom. The first kappa shape index (κ1) is 18.4. The highest BCUT2D eigenvalue weighted by Crippen LogP contribution is 2.04. The summed E-state index contributed by atoms with van der Waals surface area (Å²) in [7, 11) is 0. The zero-order valence-corrected chi connectivity index (χ0v) is 13.9. The van der Waals surface area contributed by atoms with Gasteiger partial charge in [-0.3, -0.25) is 0 Å². The summed E-state index contributed by atoms with van der Waals surface area (Å²) in [5.74, 6) is 0.134. The van der Waals surface area contributed by atoms with Gasteiger partial charge in [-0.05, 0) is 36.1 Å². The van der Waals surface area contributed by atoms with Crippen LogP contribution in [-0.4, -0.2) is 18.4 Å². The van der Waals surface area contributed by atoms with E-state index in [2.05, 4.69) is 20.7 Å². The minimum absolute atomic E-state index is 0. The van der Waals surface area contributed by atoms with Crippen LogP contribution in [0, 0.1) is 13.8 Å². The molecule has 23 heavy (non-hydrogen) atoms. The van der Waals surface area contributed by atoms with Crippen molar-refractivity contribution in [1.29, 1.82) is 0 Å². The second-order valence-corrected chi connectivity index (χ2v) is 4.81. The summed E-state index contributed by atoms with van der Waals surface area (Å²) >= 11 is 0. The third kappa shape index (κ3) is 5.92. The topological polar surface area (TPSA) is 75.1 Å². The summed E-state index contributed by atoms with van der Waals surface area (Å²) < 4.78 is 0. The minimum atomic E-state index is 0. The normalized spacial score (nSPS) is 11.7. The van der Waals surface area contributed by atoms with Gasteiger partial charge in [0.15, 0.2) is 0 Å². The molecule has 0 saturated carbocycles.